The number of carbonyl (C=O) groups is 1. The molecule has 0 unspecified atom stereocenters. The van der Waals surface area contributed by atoms with E-state index in [4.69, 9.17) is 33.3 Å². The Morgan fingerprint density at radius 3 is 2.74 bits per heavy atom. The van der Waals surface area contributed by atoms with Crippen LogP contribution in [-0.4, -0.2) is 30.2 Å². The first-order valence-electron chi connectivity index (χ1n) is 7.51. The molecule has 1 amide bonds. The molecule has 0 saturated carbocycles. The van der Waals surface area contributed by atoms with Gasteiger partial charge in [-0.1, -0.05) is 22.9 Å². The third-order valence-electron chi connectivity index (χ3n) is 3.51. The van der Waals surface area contributed by atoms with E-state index < -0.39 is 5.91 Å². The fraction of sp³-hybridized carbons (Fsp3) is 0.118. The minimum absolute atomic E-state index is 0.125. The van der Waals surface area contributed by atoms with Crippen LogP contribution in [0.2, 0.25) is 5.02 Å². The maximum Gasteiger partial charge on any atom is 0.258 e. The SMILES string of the molecule is COc1cc(OC)c2nc(NC(=S)NC(=O)c3cc(I)ccc3Cl)sc2c1. The number of nitrogens with zero attached hydrogens (tertiary/aromatic N) is 1. The van der Waals surface area contributed by atoms with Crippen LogP contribution < -0.4 is 20.1 Å². The third kappa shape index (κ3) is 4.60. The lowest BCUT2D eigenvalue weighted by atomic mass is 10.2. The second kappa shape index (κ2) is 8.55. The van der Waals surface area contributed by atoms with Gasteiger partial charge in [0.2, 0.25) is 0 Å². The van der Waals surface area contributed by atoms with Gasteiger partial charge in [-0.05, 0) is 59.1 Å². The summed E-state index contributed by atoms with van der Waals surface area (Å²) in [6.45, 7) is 0. The molecule has 0 bridgehead atoms. The molecule has 1 aromatic heterocycles. The van der Waals surface area contributed by atoms with Gasteiger partial charge in [0.15, 0.2) is 10.2 Å². The minimum Gasteiger partial charge on any atom is -0.497 e. The first-order valence-corrected chi connectivity index (χ1v) is 10.2. The van der Waals surface area contributed by atoms with Crippen molar-refractivity contribution < 1.29 is 14.3 Å². The van der Waals surface area contributed by atoms with E-state index >= 15 is 0 Å². The summed E-state index contributed by atoms with van der Waals surface area (Å²) in [4.78, 5) is 16.9. The number of methoxy groups -OCH3 is 2. The highest BCUT2D eigenvalue weighted by molar-refractivity contribution is 14.1. The maximum absolute atomic E-state index is 12.4. The Kier molecular flexibility index (Phi) is 6.35. The van der Waals surface area contributed by atoms with Gasteiger partial charge in [-0.2, -0.15) is 0 Å². The normalized spacial score (nSPS) is 10.5. The molecular weight excluding hydrogens is 521 g/mol. The number of hydrogen-bond acceptors (Lipinski definition) is 6. The molecule has 0 fully saturated rings. The van der Waals surface area contributed by atoms with E-state index in [9.17, 15) is 4.79 Å². The second-order valence-corrected chi connectivity index (χ2v) is 8.32. The molecule has 0 spiro atoms. The van der Waals surface area contributed by atoms with Crippen LogP contribution >= 0.6 is 57.7 Å². The zero-order valence-corrected chi connectivity index (χ0v) is 18.7. The molecule has 27 heavy (non-hydrogen) atoms. The predicted octanol–water partition coefficient (Wildman–Crippen LogP) is 4.70. The van der Waals surface area contributed by atoms with Gasteiger partial charge in [0.1, 0.15) is 17.0 Å². The standard InChI is InChI=1S/C17H13ClIN3O3S2/c1-24-9-6-12(25-2)14-13(7-9)27-17(20-14)22-16(26)21-15(23)10-5-8(19)3-4-11(10)18/h3-7H,1-2H3,(H2,20,21,22,23,26). The van der Waals surface area contributed by atoms with Gasteiger partial charge < -0.3 is 14.8 Å². The summed E-state index contributed by atoms with van der Waals surface area (Å²) in [5, 5.41) is 6.54. The van der Waals surface area contributed by atoms with Crippen LogP contribution in [0.25, 0.3) is 10.2 Å². The largest absolute Gasteiger partial charge is 0.497 e. The topological polar surface area (TPSA) is 72.5 Å². The number of hydrogen-bond donors (Lipinski definition) is 2. The van der Waals surface area contributed by atoms with E-state index in [1.807, 2.05) is 12.1 Å². The third-order valence-corrected chi connectivity index (χ3v) is 5.63. The van der Waals surface area contributed by atoms with Crippen molar-refractivity contribution >= 4 is 84.1 Å². The number of thiocarbonyl (C=S) groups is 1. The molecule has 0 aliphatic carbocycles. The van der Waals surface area contributed by atoms with Crippen molar-refractivity contribution in [3.8, 4) is 11.5 Å². The predicted molar refractivity (Wildman–Crippen MR) is 121 cm³/mol. The second-order valence-electron chi connectivity index (χ2n) is 5.23. The zero-order valence-electron chi connectivity index (χ0n) is 14.1. The number of carbonyl (C=O) groups excluding carboxylic acids is 1. The van der Waals surface area contributed by atoms with Gasteiger partial charge in [0.25, 0.3) is 5.91 Å². The molecule has 140 valence electrons. The molecule has 2 aromatic carbocycles. The first-order chi connectivity index (χ1) is 12.9. The highest BCUT2D eigenvalue weighted by Gasteiger charge is 2.15. The van der Waals surface area contributed by atoms with Crippen LogP contribution in [0.4, 0.5) is 5.13 Å². The molecule has 6 nitrogen and oxygen atoms in total. The van der Waals surface area contributed by atoms with Gasteiger partial charge in [-0.15, -0.1) is 0 Å². The molecule has 0 atom stereocenters. The number of thiazole rings is 1. The number of aromatic nitrogens is 1. The Labute approximate surface area is 183 Å². The van der Waals surface area contributed by atoms with E-state index in [2.05, 4.69) is 38.2 Å². The van der Waals surface area contributed by atoms with E-state index in [1.165, 1.54) is 11.3 Å². The van der Waals surface area contributed by atoms with E-state index in [0.717, 1.165) is 8.27 Å². The molecule has 0 radical (unpaired) electrons. The van der Waals surface area contributed by atoms with E-state index in [1.54, 1.807) is 32.4 Å². The Morgan fingerprint density at radius 2 is 2.04 bits per heavy atom. The summed E-state index contributed by atoms with van der Waals surface area (Å²) >= 11 is 14.8. The Balaban J connectivity index is 1.77. The van der Waals surface area contributed by atoms with Crippen LogP contribution in [0.15, 0.2) is 30.3 Å². The van der Waals surface area contributed by atoms with Gasteiger partial charge in [-0.3, -0.25) is 10.1 Å². The van der Waals surface area contributed by atoms with Gasteiger partial charge in [0.05, 0.1) is 29.5 Å². The average Bonchev–Trinajstić information content (AvgIpc) is 3.04. The number of anilines is 1. The number of halogens is 2. The number of amides is 1. The first kappa shape index (κ1) is 20.1. The number of fused-ring (bicyclic) bond motifs is 1. The Bertz CT molecular complexity index is 1040. The molecule has 10 heteroatoms. The molecule has 3 rings (SSSR count). The fourth-order valence-electron chi connectivity index (χ4n) is 2.27. The summed E-state index contributed by atoms with van der Waals surface area (Å²) in [5.41, 5.74) is 1.03. The van der Waals surface area contributed by atoms with Crippen molar-refractivity contribution in [2.45, 2.75) is 0 Å². The van der Waals surface area contributed by atoms with Crippen LogP contribution in [0, 0.1) is 3.57 Å². The Hall–Kier alpha value is -1.69. The van der Waals surface area contributed by atoms with Crippen LogP contribution in [-0.2, 0) is 0 Å². The molecule has 1 heterocycles. The van der Waals surface area contributed by atoms with Crippen molar-refractivity contribution in [1.82, 2.24) is 10.3 Å². The van der Waals surface area contributed by atoms with Crippen molar-refractivity contribution in [2.24, 2.45) is 0 Å². The summed E-state index contributed by atoms with van der Waals surface area (Å²) in [5.74, 6) is 0.865. The number of nitrogens with one attached hydrogen (secondary N) is 2. The monoisotopic (exact) mass is 533 g/mol. The van der Waals surface area contributed by atoms with Crippen LogP contribution in [0.5, 0.6) is 11.5 Å². The summed E-state index contributed by atoms with van der Waals surface area (Å²) in [7, 11) is 3.15. The smallest absolute Gasteiger partial charge is 0.258 e. The number of benzene rings is 2. The summed E-state index contributed by atoms with van der Waals surface area (Å²) < 4.78 is 12.4. The lowest BCUT2D eigenvalue weighted by Crippen LogP contribution is -2.34. The minimum atomic E-state index is -0.392. The molecular formula is C17H13ClIN3O3S2. The van der Waals surface area contributed by atoms with Crippen LogP contribution in [0.3, 0.4) is 0 Å². The highest BCUT2D eigenvalue weighted by Crippen LogP contribution is 2.36. The molecule has 3 aromatic rings. The van der Waals surface area contributed by atoms with E-state index in [-0.39, 0.29) is 5.11 Å². The molecule has 0 aliphatic rings. The highest BCUT2D eigenvalue weighted by atomic mass is 127. The van der Waals surface area contributed by atoms with Gasteiger partial charge in [-0.25, -0.2) is 4.98 Å². The van der Waals surface area contributed by atoms with Gasteiger partial charge in [0, 0.05) is 9.64 Å². The summed E-state index contributed by atoms with van der Waals surface area (Å²) in [6, 6.07) is 8.79. The Morgan fingerprint density at radius 1 is 1.26 bits per heavy atom. The maximum atomic E-state index is 12.4. The molecule has 0 aliphatic heterocycles. The molecule has 0 saturated heterocycles. The van der Waals surface area contributed by atoms with Crippen molar-refractivity contribution in [1.29, 1.82) is 0 Å². The lowest BCUT2D eigenvalue weighted by molar-refractivity contribution is 0.0978. The zero-order chi connectivity index (χ0) is 19.6. The average molecular weight is 534 g/mol. The molecule has 2 N–H and O–H groups in total. The van der Waals surface area contributed by atoms with Crippen molar-refractivity contribution in [2.75, 3.05) is 19.5 Å². The number of rotatable bonds is 4. The number of ether oxygens (including phenoxy) is 2. The van der Waals surface area contributed by atoms with Gasteiger partial charge >= 0.3 is 0 Å². The quantitative estimate of drug-likeness (QED) is 0.374. The van der Waals surface area contributed by atoms with E-state index in [0.29, 0.717) is 32.7 Å². The lowest BCUT2D eigenvalue weighted by Gasteiger charge is -2.08. The van der Waals surface area contributed by atoms with Crippen molar-refractivity contribution in [3.05, 3.63) is 44.5 Å². The van der Waals surface area contributed by atoms with Crippen molar-refractivity contribution in [3.63, 3.8) is 0 Å². The fourth-order valence-corrected chi connectivity index (χ4v) is 4.14. The van der Waals surface area contributed by atoms with Crippen LogP contribution in [0.1, 0.15) is 10.4 Å². The summed E-state index contributed by atoms with van der Waals surface area (Å²) in [6.07, 6.45) is 0.